The van der Waals surface area contributed by atoms with Gasteiger partial charge in [-0.3, -0.25) is 4.79 Å². The van der Waals surface area contributed by atoms with Crippen LogP contribution in [0.4, 0.5) is 0 Å². The number of fused-ring (bicyclic) bond motifs is 5. The fraction of sp³-hybridized carbons (Fsp3) is 0.963. The molecular formula is C27H45BrO. The molecule has 4 fully saturated rings. The van der Waals surface area contributed by atoms with Gasteiger partial charge in [-0.15, -0.1) is 0 Å². The Bertz CT molecular complexity index is 614. The number of hydrogen-bond donors (Lipinski definition) is 0. The minimum atomic E-state index is 0.113. The molecule has 0 spiro atoms. The third-order valence-electron chi connectivity index (χ3n) is 10.5. The zero-order chi connectivity index (χ0) is 21.0. The van der Waals surface area contributed by atoms with E-state index in [0.29, 0.717) is 23.0 Å². The van der Waals surface area contributed by atoms with Crippen molar-refractivity contribution in [2.24, 2.45) is 52.3 Å². The summed E-state index contributed by atoms with van der Waals surface area (Å²) in [7, 11) is 0. The minimum absolute atomic E-state index is 0.113. The summed E-state index contributed by atoms with van der Waals surface area (Å²) in [6.07, 6.45) is 15.1. The van der Waals surface area contributed by atoms with E-state index in [0.717, 1.165) is 23.7 Å². The van der Waals surface area contributed by atoms with Crippen molar-refractivity contribution in [2.45, 2.75) is 110 Å². The molecule has 1 nitrogen and oxygen atoms in total. The number of rotatable bonds is 5. The number of Topliss-reactive ketones (excluding diaryl/α,β-unsaturated/α-hetero) is 1. The third kappa shape index (κ3) is 3.60. The van der Waals surface area contributed by atoms with E-state index in [4.69, 9.17) is 0 Å². The fourth-order valence-electron chi connectivity index (χ4n) is 9.11. The first kappa shape index (κ1) is 22.3. The molecule has 0 bridgehead atoms. The molecule has 2 unspecified atom stereocenters. The van der Waals surface area contributed by atoms with Crippen LogP contribution in [0.2, 0.25) is 0 Å². The average molecular weight is 466 g/mol. The summed E-state index contributed by atoms with van der Waals surface area (Å²) in [5.74, 6) is 5.32. The predicted octanol–water partition coefficient (Wildman–Crippen LogP) is 8.05. The zero-order valence-corrected chi connectivity index (χ0v) is 21.3. The first-order valence-corrected chi connectivity index (χ1v) is 13.8. The molecule has 0 amide bonds. The van der Waals surface area contributed by atoms with E-state index in [9.17, 15) is 4.79 Å². The largest absolute Gasteiger partial charge is 0.298 e. The van der Waals surface area contributed by atoms with Gasteiger partial charge in [0, 0.05) is 5.92 Å². The van der Waals surface area contributed by atoms with Gasteiger partial charge in [0.05, 0.1) is 4.83 Å². The minimum Gasteiger partial charge on any atom is -0.298 e. The van der Waals surface area contributed by atoms with Gasteiger partial charge in [-0.1, -0.05) is 76.2 Å². The van der Waals surface area contributed by atoms with Crippen molar-refractivity contribution in [3.05, 3.63) is 0 Å². The van der Waals surface area contributed by atoms with Gasteiger partial charge >= 0.3 is 0 Å². The average Bonchev–Trinajstić information content (AvgIpc) is 2.86. The lowest BCUT2D eigenvalue weighted by Gasteiger charge is -2.60. The van der Waals surface area contributed by atoms with E-state index in [1.807, 2.05) is 0 Å². The van der Waals surface area contributed by atoms with Gasteiger partial charge in [0.25, 0.3) is 0 Å². The van der Waals surface area contributed by atoms with Crippen molar-refractivity contribution in [3.63, 3.8) is 0 Å². The highest BCUT2D eigenvalue weighted by Crippen LogP contribution is 2.68. The van der Waals surface area contributed by atoms with E-state index in [2.05, 4.69) is 50.5 Å². The van der Waals surface area contributed by atoms with Crippen molar-refractivity contribution >= 4 is 21.7 Å². The van der Waals surface area contributed by atoms with Crippen LogP contribution in [0.15, 0.2) is 0 Å². The molecule has 166 valence electrons. The number of halogens is 1. The van der Waals surface area contributed by atoms with Crippen LogP contribution in [0, 0.1) is 52.3 Å². The van der Waals surface area contributed by atoms with Crippen LogP contribution >= 0.6 is 15.9 Å². The molecule has 0 aliphatic heterocycles. The molecule has 0 aromatic rings. The summed E-state index contributed by atoms with van der Waals surface area (Å²) in [4.78, 5) is 13.7. The molecule has 2 heteroatoms. The SMILES string of the molecule is CC(C)CCC[C@@H](C)[C@H]1C(=O)C(Br)[C@H]2[C@@H]3CCC4CCCC[C@]4(C)[C@H]3CC[C@]12C. The summed E-state index contributed by atoms with van der Waals surface area (Å²) < 4.78 is 0. The van der Waals surface area contributed by atoms with Gasteiger partial charge in [0.2, 0.25) is 0 Å². The van der Waals surface area contributed by atoms with Crippen LogP contribution in [-0.2, 0) is 4.79 Å². The van der Waals surface area contributed by atoms with Crippen LogP contribution in [0.3, 0.4) is 0 Å². The van der Waals surface area contributed by atoms with Crippen LogP contribution in [0.25, 0.3) is 0 Å². The van der Waals surface area contributed by atoms with Crippen LogP contribution in [0.5, 0.6) is 0 Å². The second kappa shape index (κ2) is 8.25. The number of alkyl halides is 1. The van der Waals surface area contributed by atoms with E-state index in [-0.39, 0.29) is 16.2 Å². The Morgan fingerprint density at radius 1 is 0.966 bits per heavy atom. The molecule has 0 aromatic heterocycles. The molecule has 4 saturated carbocycles. The Labute approximate surface area is 188 Å². The smallest absolute Gasteiger partial charge is 0.150 e. The number of hydrogen-bond acceptors (Lipinski definition) is 1. The summed E-state index contributed by atoms with van der Waals surface area (Å²) >= 11 is 4.00. The quantitative estimate of drug-likeness (QED) is 0.375. The topological polar surface area (TPSA) is 17.1 Å². The molecule has 9 atom stereocenters. The van der Waals surface area contributed by atoms with Crippen LogP contribution in [-0.4, -0.2) is 10.6 Å². The highest BCUT2D eigenvalue weighted by atomic mass is 79.9. The maximum atomic E-state index is 13.6. The highest BCUT2D eigenvalue weighted by molar-refractivity contribution is 9.10. The van der Waals surface area contributed by atoms with Crippen molar-refractivity contribution in [3.8, 4) is 0 Å². The Hall–Kier alpha value is 0.150. The third-order valence-corrected chi connectivity index (χ3v) is 11.5. The lowest BCUT2D eigenvalue weighted by atomic mass is 9.44. The molecule has 0 radical (unpaired) electrons. The predicted molar refractivity (Wildman–Crippen MR) is 126 cm³/mol. The van der Waals surface area contributed by atoms with Gasteiger partial charge in [-0.2, -0.15) is 0 Å². The monoisotopic (exact) mass is 464 g/mol. The Kier molecular flexibility index (Phi) is 6.36. The van der Waals surface area contributed by atoms with E-state index in [1.165, 1.54) is 70.6 Å². The summed E-state index contributed by atoms with van der Waals surface area (Å²) in [6, 6.07) is 0. The molecule has 0 N–H and O–H groups in total. The number of carbonyl (C=O) groups excluding carboxylic acids is 1. The van der Waals surface area contributed by atoms with Crippen LogP contribution < -0.4 is 0 Å². The van der Waals surface area contributed by atoms with Gasteiger partial charge < -0.3 is 0 Å². The maximum absolute atomic E-state index is 13.6. The van der Waals surface area contributed by atoms with Crippen molar-refractivity contribution < 1.29 is 4.79 Å². The molecule has 4 rings (SSSR count). The molecule has 4 aliphatic carbocycles. The number of ketones is 1. The standard InChI is InChI=1S/C27H45BrO/c1-17(2)9-8-10-18(3)22-25(29)24(28)23-20-13-12-19-11-6-7-15-26(19,4)21(20)14-16-27(22,23)5/h17-24H,6-16H2,1-5H3/t18-,19?,20-,21+,22+,23-,24?,26+,27-/m1/s1. The maximum Gasteiger partial charge on any atom is 0.150 e. The molecular weight excluding hydrogens is 420 g/mol. The second-order valence-corrected chi connectivity index (χ2v) is 13.4. The lowest BCUT2D eigenvalue weighted by molar-refractivity contribution is -0.126. The van der Waals surface area contributed by atoms with Crippen LogP contribution in [0.1, 0.15) is 105 Å². The molecule has 0 saturated heterocycles. The highest BCUT2D eigenvalue weighted by Gasteiger charge is 2.65. The molecule has 0 aromatic carbocycles. The van der Waals surface area contributed by atoms with Crippen molar-refractivity contribution in [1.82, 2.24) is 0 Å². The van der Waals surface area contributed by atoms with Gasteiger partial charge in [-0.25, -0.2) is 0 Å². The first-order valence-electron chi connectivity index (χ1n) is 12.9. The van der Waals surface area contributed by atoms with Gasteiger partial charge in [0.1, 0.15) is 0 Å². The Balaban J connectivity index is 1.56. The Morgan fingerprint density at radius 3 is 2.45 bits per heavy atom. The first-order chi connectivity index (χ1) is 13.7. The summed E-state index contributed by atoms with van der Waals surface area (Å²) in [5, 5.41) is 0. The Morgan fingerprint density at radius 2 is 1.72 bits per heavy atom. The fourth-order valence-corrected chi connectivity index (χ4v) is 10.4. The number of carbonyl (C=O) groups is 1. The van der Waals surface area contributed by atoms with E-state index < -0.39 is 0 Å². The van der Waals surface area contributed by atoms with Gasteiger partial charge in [0.15, 0.2) is 5.78 Å². The van der Waals surface area contributed by atoms with Gasteiger partial charge in [-0.05, 0) is 91.3 Å². The summed E-state index contributed by atoms with van der Waals surface area (Å²) in [5.41, 5.74) is 0.779. The lowest BCUT2D eigenvalue weighted by Crippen LogP contribution is -2.54. The zero-order valence-electron chi connectivity index (χ0n) is 19.7. The van der Waals surface area contributed by atoms with E-state index >= 15 is 0 Å². The molecule has 29 heavy (non-hydrogen) atoms. The summed E-state index contributed by atoms with van der Waals surface area (Å²) in [6.45, 7) is 12.2. The van der Waals surface area contributed by atoms with Crippen molar-refractivity contribution in [2.75, 3.05) is 0 Å². The van der Waals surface area contributed by atoms with E-state index in [1.54, 1.807) is 0 Å². The van der Waals surface area contributed by atoms with Crippen molar-refractivity contribution in [1.29, 1.82) is 0 Å². The molecule has 0 heterocycles. The second-order valence-electron chi connectivity index (χ2n) is 12.5. The normalized spacial score (nSPS) is 48.2. The molecule has 4 aliphatic rings.